The van der Waals surface area contributed by atoms with E-state index >= 15 is 0 Å². The SMILES string of the molecule is CNC(C#N)C1CC=CCC1. The van der Waals surface area contributed by atoms with E-state index in [2.05, 4.69) is 23.5 Å². The van der Waals surface area contributed by atoms with Crippen LogP contribution in [0.1, 0.15) is 19.3 Å². The Balaban J connectivity index is 2.46. The fraction of sp³-hybridized carbons (Fsp3) is 0.667. The minimum absolute atomic E-state index is 0.0416. The van der Waals surface area contributed by atoms with E-state index in [1.165, 1.54) is 0 Å². The second kappa shape index (κ2) is 4.15. The largest absolute Gasteiger partial charge is 0.305 e. The molecular formula is C9H14N2. The molecule has 1 N–H and O–H groups in total. The van der Waals surface area contributed by atoms with Gasteiger partial charge < -0.3 is 5.32 Å². The van der Waals surface area contributed by atoms with Crippen molar-refractivity contribution < 1.29 is 0 Å². The van der Waals surface area contributed by atoms with Crippen LogP contribution in [0.15, 0.2) is 12.2 Å². The fourth-order valence-electron chi connectivity index (χ4n) is 1.53. The second-order valence-electron chi connectivity index (χ2n) is 2.94. The Kier molecular flexibility index (Phi) is 3.13. The normalized spacial score (nSPS) is 26.0. The molecule has 1 aliphatic rings. The summed E-state index contributed by atoms with van der Waals surface area (Å²) < 4.78 is 0. The van der Waals surface area contributed by atoms with Crippen molar-refractivity contribution in [2.45, 2.75) is 25.3 Å². The molecule has 0 radical (unpaired) electrons. The minimum Gasteiger partial charge on any atom is -0.305 e. The van der Waals surface area contributed by atoms with Crippen LogP contribution >= 0.6 is 0 Å². The summed E-state index contributed by atoms with van der Waals surface area (Å²) in [4.78, 5) is 0. The van der Waals surface area contributed by atoms with Gasteiger partial charge in [-0.1, -0.05) is 12.2 Å². The van der Waals surface area contributed by atoms with Gasteiger partial charge in [0.15, 0.2) is 0 Å². The van der Waals surface area contributed by atoms with Crippen LogP contribution in [0.4, 0.5) is 0 Å². The summed E-state index contributed by atoms with van der Waals surface area (Å²) in [5, 5.41) is 11.8. The highest BCUT2D eigenvalue weighted by atomic mass is 14.9. The van der Waals surface area contributed by atoms with Gasteiger partial charge in [-0.05, 0) is 32.2 Å². The third kappa shape index (κ3) is 2.06. The van der Waals surface area contributed by atoms with E-state index in [0.717, 1.165) is 19.3 Å². The van der Waals surface area contributed by atoms with Gasteiger partial charge >= 0.3 is 0 Å². The zero-order chi connectivity index (χ0) is 8.10. The highest BCUT2D eigenvalue weighted by molar-refractivity contribution is 5.01. The van der Waals surface area contributed by atoms with Crippen LogP contribution in [0, 0.1) is 17.2 Å². The summed E-state index contributed by atoms with van der Waals surface area (Å²) in [6, 6.07) is 2.32. The standard InChI is InChI=1S/C9H14N2/c1-11-9(7-10)8-5-3-2-4-6-8/h2-3,8-9,11H,4-6H2,1H3. The lowest BCUT2D eigenvalue weighted by molar-refractivity contribution is 0.401. The van der Waals surface area contributed by atoms with Crippen molar-refractivity contribution in [2.24, 2.45) is 5.92 Å². The first-order valence-corrected chi connectivity index (χ1v) is 4.10. The molecule has 0 aromatic heterocycles. The molecule has 11 heavy (non-hydrogen) atoms. The van der Waals surface area contributed by atoms with Gasteiger partial charge in [-0.15, -0.1) is 0 Å². The van der Waals surface area contributed by atoms with Crippen molar-refractivity contribution in [3.05, 3.63) is 12.2 Å². The zero-order valence-corrected chi connectivity index (χ0v) is 6.88. The van der Waals surface area contributed by atoms with Crippen molar-refractivity contribution in [1.29, 1.82) is 5.26 Å². The molecule has 0 spiro atoms. The summed E-state index contributed by atoms with van der Waals surface area (Å²) in [6.07, 6.45) is 7.70. The van der Waals surface area contributed by atoms with Crippen LogP contribution < -0.4 is 5.32 Å². The topological polar surface area (TPSA) is 35.8 Å². The monoisotopic (exact) mass is 150 g/mol. The molecule has 2 unspecified atom stereocenters. The molecule has 2 nitrogen and oxygen atoms in total. The molecule has 0 heterocycles. The summed E-state index contributed by atoms with van der Waals surface area (Å²) in [7, 11) is 1.85. The molecule has 0 amide bonds. The van der Waals surface area contributed by atoms with Crippen molar-refractivity contribution in [2.75, 3.05) is 7.05 Å². The van der Waals surface area contributed by atoms with E-state index in [9.17, 15) is 0 Å². The molecule has 1 rings (SSSR count). The Labute approximate surface area is 67.9 Å². The van der Waals surface area contributed by atoms with Crippen molar-refractivity contribution in [3.8, 4) is 6.07 Å². The molecule has 0 fully saturated rings. The van der Waals surface area contributed by atoms with Crippen LogP contribution in [0.5, 0.6) is 0 Å². The molecule has 2 atom stereocenters. The van der Waals surface area contributed by atoms with E-state index in [0.29, 0.717) is 5.92 Å². The van der Waals surface area contributed by atoms with Crippen LogP contribution in [-0.2, 0) is 0 Å². The van der Waals surface area contributed by atoms with E-state index in [-0.39, 0.29) is 6.04 Å². The maximum atomic E-state index is 8.74. The molecular weight excluding hydrogens is 136 g/mol. The molecule has 0 aromatic carbocycles. The number of rotatable bonds is 2. The lowest BCUT2D eigenvalue weighted by Gasteiger charge is -2.21. The summed E-state index contributed by atoms with van der Waals surface area (Å²) in [6.45, 7) is 0. The highest BCUT2D eigenvalue weighted by Gasteiger charge is 2.18. The third-order valence-corrected chi connectivity index (χ3v) is 2.23. The Hall–Kier alpha value is -0.810. The van der Waals surface area contributed by atoms with Crippen molar-refractivity contribution >= 4 is 0 Å². The first-order chi connectivity index (χ1) is 5.38. The molecule has 1 aliphatic carbocycles. The fourth-order valence-corrected chi connectivity index (χ4v) is 1.53. The Morgan fingerprint density at radius 2 is 2.45 bits per heavy atom. The van der Waals surface area contributed by atoms with Crippen LogP contribution in [-0.4, -0.2) is 13.1 Å². The third-order valence-electron chi connectivity index (χ3n) is 2.23. The van der Waals surface area contributed by atoms with Crippen LogP contribution in [0.2, 0.25) is 0 Å². The highest BCUT2D eigenvalue weighted by Crippen LogP contribution is 2.20. The van der Waals surface area contributed by atoms with Crippen LogP contribution in [0.3, 0.4) is 0 Å². The van der Waals surface area contributed by atoms with Gasteiger partial charge in [0.05, 0.1) is 12.1 Å². The first kappa shape index (κ1) is 8.29. The number of hydrogen-bond acceptors (Lipinski definition) is 2. The van der Waals surface area contributed by atoms with Gasteiger partial charge in [-0.25, -0.2) is 0 Å². The summed E-state index contributed by atoms with van der Waals surface area (Å²) >= 11 is 0. The predicted molar refractivity (Wildman–Crippen MR) is 44.9 cm³/mol. The average Bonchev–Trinajstić information content (AvgIpc) is 2.09. The molecule has 0 saturated heterocycles. The number of nitriles is 1. The average molecular weight is 150 g/mol. The van der Waals surface area contributed by atoms with Crippen molar-refractivity contribution in [1.82, 2.24) is 5.32 Å². The Morgan fingerprint density at radius 1 is 1.64 bits per heavy atom. The number of hydrogen-bond donors (Lipinski definition) is 1. The zero-order valence-electron chi connectivity index (χ0n) is 6.88. The maximum Gasteiger partial charge on any atom is 0.0982 e. The van der Waals surface area contributed by atoms with Gasteiger partial charge in [0, 0.05) is 0 Å². The summed E-state index contributed by atoms with van der Waals surface area (Å²) in [5.41, 5.74) is 0. The first-order valence-electron chi connectivity index (χ1n) is 4.10. The van der Waals surface area contributed by atoms with Gasteiger partial charge in [-0.3, -0.25) is 0 Å². The predicted octanol–water partition coefficient (Wildman–Crippen LogP) is 1.45. The molecule has 0 aromatic rings. The molecule has 0 bridgehead atoms. The van der Waals surface area contributed by atoms with Gasteiger partial charge in [0.2, 0.25) is 0 Å². The minimum atomic E-state index is 0.0416. The smallest absolute Gasteiger partial charge is 0.0982 e. The number of nitrogens with one attached hydrogen (secondary N) is 1. The van der Waals surface area contributed by atoms with Gasteiger partial charge in [0.1, 0.15) is 0 Å². The lowest BCUT2D eigenvalue weighted by Crippen LogP contribution is -2.32. The van der Waals surface area contributed by atoms with E-state index in [4.69, 9.17) is 5.26 Å². The van der Waals surface area contributed by atoms with E-state index in [1.54, 1.807) is 0 Å². The van der Waals surface area contributed by atoms with Crippen LogP contribution in [0.25, 0.3) is 0 Å². The van der Waals surface area contributed by atoms with Crippen molar-refractivity contribution in [3.63, 3.8) is 0 Å². The molecule has 2 heteroatoms. The maximum absolute atomic E-state index is 8.74. The quantitative estimate of drug-likeness (QED) is 0.605. The Morgan fingerprint density at radius 3 is 2.91 bits per heavy atom. The van der Waals surface area contributed by atoms with Gasteiger partial charge in [0.25, 0.3) is 0 Å². The second-order valence-corrected chi connectivity index (χ2v) is 2.94. The molecule has 0 aliphatic heterocycles. The van der Waals surface area contributed by atoms with E-state index in [1.807, 2.05) is 7.05 Å². The molecule has 0 saturated carbocycles. The Bertz CT molecular complexity index is 178. The van der Waals surface area contributed by atoms with E-state index < -0.39 is 0 Å². The molecule has 60 valence electrons. The number of nitrogens with zero attached hydrogens (tertiary/aromatic N) is 1. The lowest BCUT2D eigenvalue weighted by atomic mass is 9.88. The van der Waals surface area contributed by atoms with Gasteiger partial charge in [-0.2, -0.15) is 5.26 Å². The summed E-state index contributed by atoms with van der Waals surface area (Å²) in [5.74, 6) is 0.523. The number of allylic oxidation sites excluding steroid dienone is 2.